The van der Waals surface area contributed by atoms with Crippen molar-refractivity contribution in [2.75, 3.05) is 7.11 Å². The van der Waals surface area contributed by atoms with Crippen LogP contribution in [-0.2, 0) is 19.1 Å². The van der Waals surface area contributed by atoms with Gasteiger partial charge in [-0.25, -0.2) is 9.59 Å². The van der Waals surface area contributed by atoms with Crippen molar-refractivity contribution >= 4 is 20.0 Å². The predicted molar refractivity (Wildman–Crippen MR) is 99.4 cm³/mol. The van der Waals surface area contributed by atoms with Gasteiger partial charge in [-0.05, 0) is 36.5 Å². The second-order valence-electron chi connectivity index (χ2n) is 7.38. The maximum atomic E-state index is 12.7. The van der Waals surface area contributed by atoms with E-state index in [4.69, 9.17) is 9.47 Å². The van der Waals surface area contributed by atoms with Crippen LogP contribution in [0.3, 0.4) is 0 Å². The highest BCUT2D eigenvalue weighted by Gasteiger charge is 2.46. The molecule has 1 aliphatic rings. The highest BCUT2D eigenvalue weighted by molar-refractivity contribution is 6.84. The summed E-state index contributed by atoms with van der Waals surface area (Å²) in [6.07, 6.45) is 5.87. The molecule has 0 unspecified atom stereocenters. The Labute approximate surface area is 147 Å². The van der Waals surface area contributed by atoms with Gasteiger partial charge in [0.25, 0.3) is 0 Å². The van der Waals surface area contributed by atoms with Gasteiger partial charge >= 0.3 is 11.9 Å². The van der Waals surface area contributed by atoms with Crippen LogP contribution in [0.2, 0.25) is 19.6 Å². The molecule has 4 nitrogen and oxygen atoms in total. The van der Waals surface area contributed by atoms with Crippen molar-refractivity contribution in [3.63, 3.8) is 0 Å². The Morgan fingerprint density at radius 3 is 2.21 bits per heavy atom. The van der Waals surface area contributed by atoms with E-state index in [1.165, 1.54) is 18.8 Å². The number of esters is 2. The summed E-state index contributed by atoms with van der Waals surface area (Å²) in [5.74, 6) is -0.894. The Balaban J connectivity index is 3.72. The summed E-state index contributed by atoms with van der Waals surface area (Å²) in [5, 5.41) is 1.08. The molecular formula is C19H32O4Si. The monoisotopic (exact) mass is 352 g/mol. The molecule has 0 spiro atoms. The Bertz CT molecular complexity index is 548. The van der Waals surface area contributed by atoms with Crippen molar-refractivity contribution in [1.82, 2.24) is 0 Å². The molecule has 24 heavy (non-hydrogen) atoms. The van der Waals surface area contributed by atoms with Crippen LogP contribution in [0.15, 0.2) is 22.4 Å². The molecule has 0 aromatic heterocycles. The maximum absolute atomic E-state index is 12.7. The third-order valence-electron chi connectivity index (χ3n) is 4.77. The molecule has 1 aliphatic heterocycles. The molecule has 0 amide bonds. The molecule has 0 aromatic carbocycles. The molecule has 0 fully saturated rings. The lowest BCUT2D eigenvalue weighted by atomic mass is 9.81. The smallest absolute Gasteiger partial charge is 0.339 e. The fourth-order valence-electron chi connectivity index (χ4n) is 3.48. The van der Waals surface area contributed by atoms with E-state index < -0.39 is 19.6 Å². The van der Waals surface area contributed by atoms with E-state index in [0.29, 0.717) is 5.57 Å². The van der Waals surface area contributed by atoms with Gasteiger partial charge in [-0.2, -0.15) is 0 Å². The largest absolute Gasteiger partial charge is 0.466 e. The lowest BCUT2D eigenvalue weighted by molar-refractivity contribution is -0.153. The summed E-state index contributed by atoms with van der Waals surface area (Å²) >= 11 is 0. The molecule has 0 saturated heterocycles. The van der Waals surface area contributed by atoms with Gasteiger partial charge < -0.3 is 9.47 Å². The number of hydrogen-bond donors (Lipinski definition) is 0. The molecule has 0 radical (unpaired) electrons. The number of rotatable bonds is 7. The van der Waals surface area contributed by atoms with Gasteiger partial charge in [0.05, 0.1) is 20.8 Å². The summed E-state index contributed by atoms with van der Waals surface area (Å²) in [6, 6.07) is 0. The van der Waals surface area contributed by atoms with Crippen LogP contribution in [0.25, 0.3) is 0 Å². The van der Waals surface area contributed by atoms with E-state index in [-0.39, 0.29) is 5.97 Å². The van der Waals surface area contributed by atoms with Crippen molar-refractivity contribution in [3.05, 3.63) is 22.4 Å². The minimum absolute atomic E-state index is 0.387. The first-order valence-electron chi connectivity index (χ1n) is 8.94. The van der Waals surface area contributed by atoms with Crippen LogP contribution < -0.4 is 0 Å². The molecule has 0 saturated carbocycles. The van der Waals surface area contributed by atoms with E-state index in [1.54, 1.807) is 0 Å². The minimum atomic E-state index is -1.87. The van der Waals surface area contributed by atoms with Crippen molar-refractivity contribution in [2.45, 2.75) is 78.1 Å². The van der Waals surface area contributed by atoms with Crippen molar-refractivity contribution in [2.24, 2.45) is 0 Å². The van der Waals surface area contributed by atoms with Gasteiger partial charge in [-0.15, -0.1) is 0 Å². The van der Waals surface area contributed by atoms with E-state index >= 15 is 0 Å². The average molecular weight is 353 g/mol. The molecule has 0 aromatic rings. The lowest BCUT2D eigenvalue weighted by Crippen LogP contribution is -2.46. The number of carbonyl (C=O) groups excluding carboxylic acids is 2. The Morgan fingerprint density at radius 1 is 1.21 bits per heavy atom. The zero-order chi connectivity index (χ0) is 18.5. The molecule has 0 aliphatic carbocycles. The summed E-state index contributed by atoms with van der Waals surface area (Å²) in [4.78, 5) is 24.6. The first kappa shape index (κ1) is 20.7. The highest BCUT2D eigenvalue weighted by atomic mass is 28.3. The second kappa shape index (κ2) is 8.14. The fourth-order valence-corrected chi connectivity index (χ4v) is 5.72. The van der Waals surface area contributed by atoms with Crippen LogP contribution in [0.5, 0.6) is 0 Å². The number of methoxy groups -OCH3 is 1. The SMILES string of the molecule is CCCCC1=C([Si](C)(C)C)/C(=C/C(=O)OC)C(=O)OC1(CC)CC. The molecule has 0 bridgehead atoms. The number of ether oxygens (including phenoxy) is 2. The van der Waals surface area contributed by atoms with Gasteiger partial charge in [0.1, 0.15) is 5.60 Å². The fraction of sp³-hybridized carbons (Fsp3) is 0.684. The normalized spacial score (nSPS) is 19.5. The number of hydrogen-bond acceptors (Lipinski definition) is 4. The summed E-state index contributed by atoms with van der Waals surface area (Å²) < 4.78 is 10.7. The Hall–Kier alpha value is -1.36. The average Bonchev–Trinajstić information content (AvgIpc) is 2.53. The third kappa shape index (κ3) is 4.18. The third-order valence-corrected chi connectivity index (χ3v) is 6.84. The minimum Gasteiger partial charge on any atom is -0.466 e. The number of unbranched alkanes of at least 4 members (excludes halogenated alkanes) is 1. The van der Waals surface area contributed by atoms with Crippen molar-refractivity contribution < 1.29 is 19.1 Å². The van der Waals surface area contributed by atoms with Crippen molar-refractivity contribution in [1.29, 1.82) is 0 Å². The highest BCUT2D eigenvalue weighted by Crippen LogP contribution is 2.44. The van der Waals surface area contributed by atoms with Crippen LogP contribution in [0.1, 0.15) is 52.9 Å². The predicted octanol–water partition coefficient (Wildman–Crippen LogP) is 4.57. The first-order chi connectivity index (χ1) is 11.2. The molecule has 0 N–H and O–H groups in total. The van der Waals surface area contributed by atoms with Gasteiger partial charge in [-0.1, -0.05) is 46.8 Å². The van der Waals surface area contributed by atoms with Gasteiger partial charge in [-0.3, -0.25) is 0 Å². The first-order valence-corrected chi connectivity index (χ1v) is 12.4. The number of cyclic esters (lactones) is 1. The zero-order valence-electron chi connectivity index (χ0n) is 16.2. The van der Waals surface area contributed by atoms with Crippen LogP contribution in [0, 0.1) is 0 Å². The molecular weight excluding hydrogens is 320 g/mol. The van der Waals surface area contributed by atoms with E-state index in [9.17, 15) is 9.59 Å². The molecule has 136 valence electrons. The quantitative estimate of drug-likeness (QED) is 0.383. The molecule has 5 heteroatoms. The van der Waals surface area contributed by atoms with E-state index in [0.717, 1.165) is 37.3 Å². The zero-order valence-corrected chi connectivity index (χ0v) is 17.2. The van der Waals surface area contributed by atoms with Crippen LogP contribution >= 0.6 is 0 Å². The molecule has 1 heterocycles. The van der Waals surface area contributed by atoms with Crippen LogP contribution in [0.4, 0.5) is 0 Å². The summed E-state index contributed by atoms with van der Waals surface area (Å²) in [7, 11) is -0.547. The van der Waals surface area contributed by atoms with E-state index in [2.05, 4.69) is 40.4 Å². The summed E-state index contributed by atoms with van der Waals surface area (Å²) in [5.41, 5.74) is 1.10. The van der Waals surface area contributed by atoms with Gasteiger partial charge in [0, 0.05) is 6.08 Å². The number of carbonyl (C=O) groups is 2. The standard InChI is InChI=1S/C19H32O4Si/c1-8-11-12-15-17(24(5,6)7)14(13-16(20)22-4)18(21)23-19(15,9-2)10-3/h13H,8-12H2,1-7H3/b14-13-. The van der Waals surface area contributed by atoms with Crippen molar-refractivity contribution in [3.8, 4) is 0 Å². The second-order valence-corrected chi connectivity index (χ2v) is 12.4. The lowest BCUT2D eigenvalue weighted by Gasteiger charge is -2.43. The van der Waals surface area contributed by atoms with Gasteiger partial charge in [0.2, 0.25) is 0 Å². The topological polar surface area (TPSA) is 52.6 Å². The molecule has 1 rings (SSSR count). The van der Waals surface area contributed by atoms with E-state index in [1.807, 2.05) is 0 Å². The molecule has 0 atom stereocenters. The van der Waals surface area contributed by atoms with Crippen LogP contribution in [-0.4, -0.2) is 32.7 Å². The maximum Gasteiger partial charge on any atom is 0.339 e. The summed E-state index contributed by atoms with van der Waals surface area (Å²) in [6.45, 7) is 12.9. The Morgan fingerprint density at radius 2 is 1.79 bits per heavy atom. The van der Waals surface area contributed by atoms with Gasteiger partial charge in [0.15, 0.2) is 0 Å². The Kier molecular flexibility index (Phi) is 7.02.